The van der Waals surface area contributed by atoms with Crippen molar-refractivity contribution in [1.29, 1.82) is 0 Å². The van der Waals surface area contributed by atoms with Gasteiger partial charge in [-0.1, -0.05) is 42.5 Å². The van der Waals surface area contributed by atoms with Crippen molar-refractivity contribution in [3.8, 4) is 6.01 Å². The zero-order valence-corrected chi connectivity index (χ0v) is 30.4. The predicted molar refractivity (Wildman–Crippen MR) is 206 cm³/mol. The molecule has 18 heteroatoms. The fraction of sp³-hybridized carbons (Fsp3) is 0.0541. The minimum atomic E-state index is -4.50. The molecule has 7 aromatic rings. The second-order valence-corrected chi connectivity index (χ2v) is 15.0. The Bertz CT molecular complexity index is 2940. The number of hydrogen-bond acceptors (Lipinski definition) is 14. The fourth-order valence-corrected chi connectivity index (χ4v) is 7.16. The summed E-state index contributed by atoms with van der Waals surface area (Å²) >= 11 is 0. The van der Waals surface area contributed by atoms with Gasteiger partial charge in [-0.3, -0.25) is 9.11 Å². The Morgan fingerprint density at radius 1 is 0.527 bits per heavy atom. The number of anilines is 4. The maximum absolute atomic E-state index is 12.0. The molecule has 0 amide bonds. The second-order valence-electron chi connectivity index (χ2n) is 12.2. The van der Waals surface area contributed by atoms with Gasteiger partial charge >= 0.3 is 6.01 Å². The van der Waals surface area contributed by atoms with Crippen LogP contribution in [0.25, 0.3) is 21.5 Å². The highest BCUT2D eigenvalue weighted by atomic mass is 32.2. The van der Waals surface area contributed by atoms with Gasteiger partial charge < -0.3 is 15.7 Å². The monoisotopic (exact) mass is 775 g/mol. The number of azo groups is 2. The van der Waals surface area contributed by atoms with Gasteiger partial charge in [0.2, 0.25) is 11.9 Å². The zero-order chi connectivity index (χ0) is 38.9. The second kappa shape index (κ2) is 14.6. The van der Waals surface area contributed by atoms with Crippen LogP contribution in [-0.4, -0.2) is 46.0 Å². The number of aromatic nitrogens is 3. The molecule has 0 unspecified atom stereocenters. The first-order valence-electron chi connectivity index (χ1n) is 16.2. The highest BCUT2D eigenvalue weighted by molar-refractivity contribution is 7.86. The smallest absolute Gasteiger partial charge is 0.320 e. The maximum atomic E-state index is 12.0. The van der Waals surface area contributed by atoms with E-state index in [1.807, 2.05) is 6.92 Å². The van der Waals surface area contributed by atoms with Crippen LogP contribution in [0.15, 0.2) is 139 Å². The minimum absolute atomic E-state index is 0.0546. The molecule has 0 spiro atoms. The van der Waals surface area contributed by atoms with E-state index in [-0.39, 0.29) is 27.4 Å². The molecule has 0 saturated carbocycles. The molecule has 0 aliphatic rings. The van der Waals surface area contributed by atoms with Crippen molar-refractivity contribution in [1.82, 2.24) is 15.0 Å². The number of nitrogens with zero attached hydrogens (tertiary/aromatic N) is 7. The average Bonchev–Trinajstić information content (AvgIpc) is 3.12. The number of aryl methyl sites for hydroxylation is 2. The Hall–Kier alpha value is -6.73. The lowest BCUT2D eigenvalue weighted by atomic mass is 10.1. The first-order valence-corrected chi connectivity index (χ1v) is 19.1. The number of rotatable bonds is 10. The molecule has 0 aliphatic carbocycles. The molecule has 0 bridgehead atoms. The summed E-state index contributed by atoms with van der Waals surface area (Å²) in [6.45, 7) is 3.64. The predicted octanol–water partition coefficient (Wildman–Crippen LogP) is 9.31. The van der Waals surface area contributed by atoms with Crippen LogP contribution in [0.3, 0.4) is 0 Å². The normalized spacial score (nSPS) is 12.2. The molecule has 1 aromatic heterocycles. The van der Waals surface area contributed by atoms with Crippen LogP contribution >= 0.6 is 0 Å². The molecule has 0 aliphatic heterocycles. The van der Waals surface area contributed by atoms with Crippen molar-refractivity contribution in [3.05, 3.63) is 120 Å². The van der Waals surface area contributed by atoms with E-state index >= 15 is 0 Å². The van der Waals surface area contributed by atoms with Gasteiger partial charge in [-0.15, -0.1) is 0 Å². The van der Waals surface area contributed by atoms with Crippen molar-refractivity contribution in [2.24, 2.45) is 20.5 Å². The molecule has 0 saturated heterocycles. The van der Waals surface area contributed by atoms with Crippen LogP contribution in [0.4, 0.5) is 46.0 Å². The van der Waals surface area contributed by atoms with Crippen molar-refractivity contribution in [2.75, 3.05) is 10.6 Å². The van der Waals surface area contributed by atoms with Crippen molar-refractivity contribution in [3.63, 3.8) is 0 Å². The van der Waals surface area contributed by atoms with Gasteiger partial charge in [0.15, 0.2) is 0 Å². The number of aromatic hydroxyl groups is 1. The van der Waals surface area contributed by atoms with Gasteiger partial charge in [0.05, 0.1) is 22.7 Å². The van der Waals surface area contributed by atoms with Gasteiger partial charge in [0.25, 0.3) is 20.2 Å². The van der Waals surface area contributed by atoms with Gasteiger partial charge in [0, 0.05) is 22.1 Å². The van der Waals surface area contributed by atoms with E-state index in [0.717, 1.165) is 5.56 Å². The molecule has 6 aromatic carbocycles. The van der Waals surface area contributed by atoms with Gasteiger partial charge in [-0.2, -0.15) is 52.2 Å². The summed E-state index contributed by atoms with van der Waals surface area (Å²) in [6.07, 6.45) is 0. The Balaban J connectivity index is 1.04. The zero-order valence-electron chi connectivity index (χ0n) is 28.8. The van der Waals surface area contributed by atoms with E-state index in [9.17, 15) is 31.0 Å². The summed E-state index contributed by atoms with van der Waals surface area (Å²) in [5.74, 6) is 0.116. The Labute approximate surface area is 313 Å². The van der Waals surface area contributed by atoms with E-state index in [1.54, 1.807) is 97.9 Å². The number of fused-ring (bicyclic) bond motifs is 2. The fourth-order valence-electron chi connectivity index (χ4n) is 5.71. The van der Waals surface area contributed by atoms with Crippen LogP contribution in [0.2, 0.25) is 0 Å². The third kappa shape index (κ3) is 8.42. The molecular weight excluding hydrogens is 747 g/mol. The van der Waals surface area contributed by atoms with Crippen LogP contribution in [0.1, 0.15) is 11.1 Å². The standard InChI is InChI=1S/C37H29N9O7S2/c1-21-16-25(11-14-31(21)45-43-27-10-13-30-24(18-27)7-5-9-33(30)54(48,49)50)38-35-40-36(42-37(47)41-35)39-26-12-15-32(22(2)17-26)46-44-28-19-23-6-3-4-8-29(23)34(20-28)55(51,52)53/h3-20H,1-2H3,(H,48,49,50)(H,51,52,53)(H3,38,39,40,41,42,47)/b45-43+,46-44+. The molecule has 0 fully saturated rings. The topological polar surface area (TPSA) is 241 Å². The molecule has 0 atom stereocenters. The summed E-state index contributed by atoms with van der Waals surface area (Å²) in [6, 6.07) is 28.9. The van der Waals surface area contributed by atoms with Crippen LogP contribution in [0, 0.1) is 13.8 Å². The van der Waals surface area contributed by atoms with E-state index in [0.29, 0.717) is 55.5 Å². The molecule has 16 nitrogen and oxygen atoms in total. The van der Waals surface area contributed by atoms with E-state index in [1.165, 1.54) is 18.2 Å². The lowest BCUT2D eigenvalue weighted by Crippen LogP contribution is -2.03. The minimum Gasteiger partial charge on any atom is -0.479 e. The summed E-state index contributed by atoms with van der Waals surface area (Å²) in [5, 5.41) is 35.4. The first-order chi connectivity index (χ1) is 26.2. The molecule has 1 heterocycles. The number of nitrogens with one attached hydrogen (secondary N) is 2. The summed E-state index contributed by atoms with van der Waals surface area (Å²) in [5.41, 5.74) is 4.42. The Kier molecular flexibility index (Phi) is 9.72. The molecule has 7 rings (SSSR count). The summed E-state index contributed by atoms with van der Waals surface area (Å²) in [7, 11) is -8.88. The van der Waals surface area contributed by atoms with Gasteiger partial charge in [-0.05, 0) is 102 Å². The largest absolute Gasteiger partial charge is 0.479 e. The van der Waals surface area contributed by atoms with Crippen LogP contribution < -0.4 is 10.6 Å². The average molecular weight is 776 g/mol. The lowest BCUT2D eigenvalue weighted by Gasteiger charge is -2.10. The third-order valence-electron chi connectivity index (χ3n) is 8.26. The van der Waals surface area contributed by atoms with E-state index in [2.05, 4.69) is 46.0 Å². The van der Waals surface area contributed by atoms with Crippen LogP contribution in [-0.2, 0) is 20.2 Å². The quantitative estimate of drug-likeness (QED) is 0.0645. The lowest BCUT2D eigenvalue weighted by molar-refractivity contribution is 0.430. The first kappa shape index (κ1) is 36.6. The molecule has 0 radical (unpaired) electrons. The summed E-state index contributed by atoms with van der Waals surface area (Å²) < 4.78 is 66.7. The Morgan fingerprint density at radius 3 is 1.64 bits per heavy atom. The van der Waals surface area contributed by atoms with Crippen molar-refractivity contribution in [2.45, 2.75) is 23.6 Å². The molecular formula is C37H29N9O7S2. The molecule has 5 N–H and O–H groups in total. The number of benzene rings is 6. The molecule has 276 valence electrons. The highest BCUT2D eigenvalue weighted by Crippen LogP contribution is 2.33. The Morgan fingerprint density at radius 2 is 1.05 bits per heavy atom. The summed E-state index contributed by atoms with van der Waals surface area (Å²) in [4.78, 5) is 11.9. The molecule has 55 heavy (non-hydrogen) atoms. The van der Waals surface area contributed by atoms with E-state index < -0.39 is 26.2 Å². The number of hydrogen-bond donors (Lipinski definition) is 5. The highest BCUT2D eigenvalue weighted by Gasteiger charge is 2.16. The van der Waals surface area contributed by atoms with Gasteiger partial charge in [-0.25, -0.2) is 0 Å². The van der Waals surface area contributed by atoms with Crippen molar-refractivity contribution < 1.29 is 31.0 Å². The van der Waals surface area contributed by atoms with Crippen molar-refractivity contribution >= 4 is 87.8 Å². The van der Waals surface area contributed by atoms with Crippen LogP contribution in [0.5, 0.6) is 6.01 Å². The van der Waals surface area contributed by atoms with E-state index in [4.69, 9.17) is 0 Å². The third-order valence-corrected chi connectivity index (χ3v) is 10.1. The van der Waals surface area contributed by atoms with Gasteiger partial charge in [0.1, 0.15) is 9.79 Å². The SMILES string of the molecule is Cc1cc(Nc2nc(O)nc(Nc3ccc(/N=N/c4cc(S(=O)(=O)O)c5ccccc5c4)c(C)c3)n2)ccc1/N=N/c1ccc2c(S(=O)(=O)O)cccc2c1. The maximum Gasteiger partial charge on any atom is 0.320 e.